The van der Waals surface area contributed by atoms with Crippen LogP contribution in [0.1, 0.15) is 27.7 Å². The standard InChI is InChI=1S/C18H12ClNO4/c1-20-15(9-2-5-11(21)6-3-9)14-16(22)12-8-10(19)4-7-13(12)24-17(14)18(20)23/h2-8,15,21H,1H3/t15-/m1/s1. The maximum Gasteiger partial charge on any atom is 0.290 e. The molecule has 1 aromatic heterocycles. The summed E-state index contributed by atoms with van der Waals surface area (Å²) in [7, 11) is 1.62. The minimum atomic E-state index is -0.562. The molecule has 4 rings (SSSR count). The zero-order valence-electron chi connectivity index (χ0n) is 12.6. The molecule has 1 atom stereocenters. The third-order valence-corrected chi connectivity index (χ3v) is 4.51. The van der Waals surface area contributed by atoms with Gasteiger partial charge in [0, 0.05) is 12.1 Å². The molecule has 1 amide bonds. The molecule has 2 heterocycles. The lowest BCUT2D eigenvalue weighted by molar-refractivity contribution is 0.0771. The number of amides is 1. The summed E-state index contributed by atoms with van der Waals surface area (Å²) in [5.74, 6) is -0.185. The van der Waals surface area contributed by atoms with E-state index in [0.29, 0.717) is 21.6 Å². The number of fused-ring (bicyclic) bond motifs is 2. The maximum atomic E-state index is 13.0. The number of phenolic OH excluding ortho intramolecular Hbond substituents is 1. The van der Waals surface area contributed by atoms with Gasteiger partial charge >= 0.3 is 0 Å². The molecule has 0 radical (unpaired) electrons. The van der Waals surface area contributed by atoms with Crippen molar-refractivity contribution in [2.24, 2.45) is 0 Å². The molecular formula is C18H12ClNO4. The van der Waals surface area contributed by atoms with E-state index in [4.69, 9.17) is 16.0 Å². The van der Waals surface area contributed by atoms with Gasteiger partial charge in [-0.15, -0.1) is 0 Å². The Balaban J connectivity index is 2.03. The summed E-state index contributed by atoms with van der Waals surface area (Å²) in [5, 5.41) is 10.2. The predicted octanol–water partition coefficient (Wildman–Crippen LogP) is 3.33. The maximum absolute atomic E-state index is 13.0. The SMILES string of the molecule is CN1C(=O)c2oc3ccc(Cl)cc3c(=O)c2[C@H]1c1ccc(O)cc1. The molecule has 120 valence electrons. The topological polar surface area (TPSA) is 70.8 Å². The van der Waals surface area contributed by atoms with Gasteiger partial charge in [-0.2, -0.15) is 0 Å². The van der Waals surface area contributed by atoms with E-state index < -0.39 is 6.04 Å². The molecule has 0 saturated heterocycles. The van der Waals surface area contributed by atoms with Crippen molar-refractivity contribution in [3.63, 3.8) is 0 Å². The summed E-state index contributed by atoms with van der Waals surface area (Å²) < 4.78 is 5.70. The highest BCUT2D eigenvalue weighted by Crippen LogP contribution is 2.37. The van der Waals surface area contributed by atoms with Crippen LogP contribution in [-0.2, 0) is 0 Å². The zero-order valence-corrected chi connectivity index (χ0v) is 13.4. The quantitative estimate of drug-likeness (QED) is 0.737. The summed E-state index contributed by atoms with van der Waals surface area (Å²) in [6.07, 6.45) is 0. The van der Waals surface area contributed by atoms with Gasteiger partial charge in [0.1, 0.15) is 11.3 Å². The lowest BCUT2D eigenvalue weighted by Gasteiger charge is -2.20. The normalized spacial score (nSPS) is 16.7. The van der Waals surface area contributed by atoms with Gasteiger partial charge in [-0.3, -0.25) is 9.59 Å². The molecule has 3 aromatic rings. The Morgan fingerprint density at radius 2 is 1.83 bits per heavy atom. The summed E-state index contributed by atoms with van der Waals surface area (Å²) in [6.45, 7) is 0. The van der Waals surface area contributed by atoms with Gasteiger partial charge in [-0.05, 0) is 35.9 Å². The number of halogens is 1. The molecule has 6 heteroatoms. The number of nitrogens with zero attached hydrogens (tertiary/aromatic N) is 1. The van der Waals surface area contributed by atoms with Gasteiger partial charge in [0.2, 0.25) is 5.76 Å². The van der Waals surface area contributed by atoms with Crippen LogP contribution >= 0.6 is 11.6 Å². The molecule has 0 saturated carbocycles. The van der Waals surface area contributed by atoms with Crippen LogP contribution in [0.3, 0.4) is 0 Å². The number of rotatable bonds is 1. The van der Waals surface area contributed by atoms with Crippen LogP contribution in [0.2, 0.25) is 5.02 Å². The highest BCUT2D eigenvalue weighted by Gasteiger charge is 2.40. The minimum Gasteiger partial charge on any atom is -0.508 e. The van der Waals surface area contributed by atoms with Crippen LogP contribution in [0.25, 0.3) is 11.0 Å². The Kier molecular flexibility index (Phi) is 3.15. The predicted molar refractivity (Wildman–Crippen MR) is 89.5 cm³/mol. The average molecular weight is 342 g/mol. The first-order valence-electron chi connectivity index (χ1n) is 7.29. The van der Waals surface area contributed by atoms with E-state index in [9.17, 15) is 14.7 Å². The highest BCUT2D eigenvalue weighted by molar-refractivity contribution is 6.31. The molecule has 0 fully saturated rings. The van der Waals surface area contributed by atoms with Crippen LogP contribution in [-0.4, -0.2) is 23.0 Å². The summed E-state index contributed by atoms with van der Waals surface area (Å²) in [6, 6.07) is 10.6. The molecule has 0 aliphatic carbocycles. The molecule has 5 nitrogen and oxygen atoms in total. The van der Waals surface area contributed by atoms with Gasteiger partial charge < -0.3 is 14.4 Å². The van der Waals surface area contributed by atoms with Gasteiger partial charge in [0.15, 0.2) is 5.43 Å². The van der Waals surface area contributed by atoms with Crippen LogP contribution in [0, 0.1) is 0 Å². The first kappa shape index (κ1) is 14.8. The number of carbonyl (C=O) groups is 1. The van der Waals surface area contributed by atoms with Gasteiger partial charge in [0.25, 0.3) is 5.91 Å². The summed E-state index contributed by atoms with van der Waals surface area (Å²) in [4.78, 5) is 27.0. The van der Waals surface area contributed by atoms with Crippen LogP contribution < -0.4 is 5.43 Å². The third kappa shape index (κ3) is 2.02. The number of hydrogen-bond donors (Lipinski definition) is 1. The van der Waals surface area contributed by atoms with Gasteiger partial charge in [-0.1, -0.05) is 23.7 Å². The fourth-order valence-electron chi connectivity index (χ4n) is 3.11. The monoisotopic (exact) mass is 341 g/mol. The molecular weight excluding hydrogens is 330 g/mol. The van der Waals surface area contributed by atoms with Crippen molar-refractivity contribution in [2.45, 2.75) is 6.04 Å². The molecule has 1 N–H and O–H groups in total. The smallest absolute Gasteiger partial charge is 0.290 e. The molecule has 0 unspecified atom stereocenters. The van der Waals surface area contributed by atoms with Crippen LogP contribution in [0.15, 0.2) is 51.7 Å². The lowest BCUT2D eigenvalue weighted by atomic mass is 9.99. The van der Waals surface area contributed by atoms with E-state index in [0.717, 1.165) is 5.56 Å². The van der Waals surface area contributed by atoms with E-state index in [1.165, 1.54) is 17.0 Å². The highest BCUT2D eigenvalue weighted by atomic mass is 35.5. The first-order valence-corrected chi connectivity index (χ1v) is 7.67. The van der Waals surface area contributed by atoms with Crippen molar-refractivity contribution in [1.82, 2.24) is 4.90 Å². The second-order valence-corrected chi connectivity index (χ2v) is 6.16. The van der Waals surface area contributed by atoms with E-state index in [2.05, 4.69) is 0 Å². The van der Waals surface area contributed by atoms with Crippen molar-refractivity contribution >= 4 is 28.5 Å². The van der Waals surface area contributed by atoms with Gasteiger partial charge in [0.05, 0.1) is 17.0 Å². The Morgan fingerprint density at radius 1 is 1.12 bits per heavy atom. The van der Waals surface area contributed by atoms with Crippen molar-refractivity contribution in [2.75, 3.05) is 7.05 Å². The van der Waals surface area contributed by atoms with Crippen molar-refractivity contribution < 1.29 is 14.3 Å². The van der Waals surface area contributed by atoms with Gasteiger partial charge in [-0.25, -0.2) is 0 Å². The fourth-order valence-corrected chi connectivity index (χ4v) is 3.28. The second kappa shape index (κ2) is 5.11. The third-order valence-electron chi connectivity index (χ3n) is 4.27. The van der Waals surface area contributed by atoms with E-state index in [1.54, 1.807) is 37.4 Å². The molecule has 1 aliphatic rings. The van der Waals surface area contributed by atoms with E-state index in [-0.39, 0.29) is 22.8 Å². The minimum absolute atomic E-state index is 0.0513. The number of benzene rings is 2. The first-order chi connectivity index (χ1) is 11.5. The zero-order chi connectivity index (χ0) is 17.0. The largest absolute Gasteiger partial charge is 0.508 e. The number of phenols is 1. The Labute approximate surface area is 141 Å². The Morgan fingerprint density at radius 3 is 2.54 bits per heavy atom. The molecule has 0 bridgehead atoms. The lowest BCUT2D eigenvalue weighted by Crippen LogP contribution is -2.25. The Hall–Kier alpha value is -2.79. The summed E-state index contributed by atoms with van der Waals surface area (Å²) >= 11 is 5.98. The number of hydrogen-bond acceptors (Lipinski definition) is 4. The Bertz CT molecular complexity index is 1040. The molecule has 0 spiro atoms. The van der Waals surface area contributed by atoms with E-state index >= 15 is 0 Å². The van der Waals surface area contributed by atoms with E-state index in [1.807, 2.05) is 0 Å². The summed E-state index contributed by atoms with van der Waals surface area (Å²) in [5.41, 5.74) is 1.07. The van der Waals surface area contributed by atoms with Crippen LogP contribution in [0.5, 0.6) is 5.75 Å². The average Bonchev–Trinajstić information content (AvgIpc) is 2.82. The molecule has 2 aromatic carbocycles. The van der Waals surface area contributed by atoms with Crippen molar-refractivity contribution in [3.8, 4) is 5.75 Å². The number of carbonyl (C=O) groups excluding carboxylic acids is 1. The van der Waals surface area contributed by atoms with Crippen molar-refractivity contribution in [1.29, 1.82) is 0 Å². The van der Waals surface area contributed by atoms with Crippen molar-refractivity contribution in [3.05, 3.63) is 74.6 Å². The second-order valence-electron chi connectivity index (χ2n) is 5.72. The number of aromatic hydroxyl groups is 1. The molecule has 24 heavy (non-hydrogen) atoms. The fraction of sp³-hybridized carbons (Fsp3) is 0.111. The molecule has 1 aliphatic heterocycles. The van der Waals surface area contributed by atoms with Crippen LogP contribution in [0.4, 0.5) is 0 Å².